The highest BCUT2D eigenvalue weighted by molar-refractivity contribution is 7.92. The fourth-order valence-electron chi connectivity index (χ4n) is 3.61. The molecule has 3 aromatic carbocycles. The number of likely N-dealkylation sites (N-methyl/N-ethyl adjacent to an activating group) is 1. The van der Waals surface area contributed by atoms with Crippen LogP contribution in [0.1, 0.15) is 12.5 Å². The summed E-state index contributed by atoms with van der Waals surface area (Å²) in [5.41, 5.74) is 0.927. The Morgan fingerprint density at radius 1 is 0.973 bits per heavy atom. The summed E-state index contributed by atoms with van der Waals surface area (Å²) in [6.45, 7) is 1.08. The topological polar surface area (TPSA) is 96.0 Å². The van der Waals surface area contributed by atoms with E-state index in [2.05, 4.69) is 5.32 Å². The Kier molecular flexibility index (Phi) is 9.42. The van der Waals surface area contributed by atoms with Gasteiger partial charge in [0, 0.05) is 23.6 Å². The van der Waals surface area contributed by atoms with Gasteiger partial charge < -0.3 is 15.0 Å². The van der Waals surface area contributed by atoms with Crippen LogP contribution in [-0.4, -0.2) is 51.9 Å². The van der Waals surface area contributed by atoms with E-state index in [0.29, 0.717) is 15.8 Å². The average Bonchev–Trinajstić information content (AvgIpc) is 2.90. The van der Waals surface area contributed by atoms with Crippen molar-refractivity contribution < 1.29 is 22.7 Å². The lowest BCUT2D eigenvalue weighted by Crippen LogP contribution is -2.50. The summed E-state index contributed by atoms with van der Waals surface area (Å²) in [7, 11) is -1.26. The van der Waals surface area contributed by atoms with Gasteiger partial charge in [-0.25, -0.2) is 8.42 Å². The highest BCUT2D eigenvalue weighted by atomic mass is 35.5. The highest BCUT2D eigenvalue weighted by Gasteiger charge is 2.32. The van der Waals surface area contributed by atoms with Gasteiger partial charge in [-0.1, -0.05) is 41.4 Å². The van der Waals surface area contributed by atoms with Gasteiger partial charge in [0.1, 0.15) is 18.3 Å². The number of methoxy groups -OCH3 is 1. The summed E-state index contributed by atoms with van der Waals surface area (Å²) in [5, 5.41) is 3.37. The number of rotatable bonds is 10. The van der Waals surface area contributed by atoms with Gasteiger partial charge in [-0.3, -0.25) is 13.9 Å². The highest BCUT2D eigenvalue weighted by Crippen LogP contribution is 2.28. The first-order valence-electron chi connectivity index (χ1n) is 11.2. The average molecular weight is 564 g/mol. The summed E-state index contributed by atoms with van der Waals surface area (Å²) in [6, 6.07) is 18.0. The van der Waals surface area contributed by atoms with Crippen molar-refractivity contribution in [1.29, 1.82) is 0 Å². The zero-order valence-electron chi connectivity index (χ0n) is 20.5. The Balaban J connectivity index is 2.02. The molecule has 0 heterocycles. The summed E-state index contributed by atoms with van der Waals surface area (Å²) in [5.74, 6) is -0.490. The second-order valence-electron chi connectivity index (χ2n) is 8.11. The van der Waals surface area contributed by atoms with E-state index in [-0.39, 0.29) is 17.1 Å². The van der Waals surface area contributed by atoms with Gasteiger partial charge in [-0.15, -0.1) is 0 Å². The second kappa shape index (κ2) is 12.3. The van der Waals surface area contributed by atoms with E-state index in [1.54, 1.807) is 49.4 Å². The van der Waals surface area contributed by atoms with Gasteiger partial charge in [0.15, 0.2) is 0 Å². The number of nitrogens with zero attached hydrogens (tertiary/aromatic N) is 2. The van der Waals surface area contributed by atoms with Crippen molar-refractivity contribution >= 4 is 50.7 Å². The van der Waals surface area contributed by atoms with Crippen molar-refractivity contribution in [2.24, 2.45) is 0 Å². The van der Waals surface area contributed by atoms with E-state index in [1.165, 1.54) is 49.4 Å². The number of anilines is 1. The van der Waals surface area contributed by atoms with Gasteiger partial charge in [-0.05, 0) is 67.1 Å². The number of hydrogen-bond acceptors (Lipinski definition) is 5. The van der Waals surface area contributed by atoms with Crippen LogP contribution in [0.2, 0.25) is 10.0 Å². The molecular formula is C26H27Cl2N3O5S. The smallest absolute Gasteiger partial charge is 0.264 e. The van der Waals surface area contributed by atoms with Crippen LogP contribution in [0.25, 0.3) is 0 Å². The minimum Gasteiger partial charge on any atom is -0.497 e. The molecule has 8 nitrogen and oxygen atoms in total. The number of amides is 2. The molecule has 0 aliphatic heterocycles. The van der Waals surface area contributed by atoms with Crippen LogP contribution in [0.3, 0.4) is 0 Å². The molecule has 11 heteroatoms. The van der Waals surface area contributed by atoms with Crippen molar-refractivity contribution in [3.8, 4) is 5.75 Å². The molecule has 37 heavy (non-hydrogen) atoms. The third-order valence-electron chi connectivity index (χ3n) is 5.70. The van der Waals surface area contributed by atoms with Crippen molar-refractivity contribution in [3.63, 3.8) is 0 Å². The Labute approximate surface area is 226 Å². The molecule has 0 bridgehead atoms. The van der Waals surface area contributed by atoms with Gasteiger partial charge in [0.2, 0.25) is 11.8 Å². The summed E-state index contributed by atoms with van der Waals surface area (Å²) >= 11 is 12.1. The minimum atomic E-state index is -4.20. The van der Waals surface area contributed by atoms with Crippen LogP contribution in [0.5, 0.6) is 5.75 Å². The first-order chi connectivity index (χ1) is 17.6. The molecule has 1 N–H and O–H groups in total. The van der Waals surface area contributed by atoms with Crippen molar-refractivity contribution in [2.45, 2.75) is 24.4 Å². The van der Waals surface area contributed by atoms with E-state index >= 15 is 0 Å². The van der Waals surface area contributed by atoms with Crippen LogP contribution >= 0.6 is 23.2 Å². The molecular weight excluding hydrogens is 537 g/mol. The Hall–Kier alpha value is -3.27. The van der Waals surface area contributed by atoms with E-state index in [4.69, 9.17) is 27.9 Å². The molecule has 0 aromatic heterocycles. The largest absolute Gasteiger partial charge is 0.497 e. The molecule has 0 unspecified atom stereocenters. The van der Waals surface area contributed by atoms with Crippen LogP contribution in [0.4, 0.5) is 5.69 Å². The normalized spacial score (nSPS) is 11.9. The second-order valence-corrected chi connectivity index (χ2v) is 10.8. The Morgan fingerprint density at radius 2 is 1.62 bits per heavy atom. The third-order valence-corrected chi connectivity index (χ3v) is 7.98. The lowest BCUT2D eigenvalue weighted by Gasteiger charge is -2.31. The monoisotopic (exact) mass is 563 g/mol. The SMILES string of the molecule is CNC(=O)[C@@H](C)N(Cc1ccc(Cl)cc1)C(=O)CN(c1cccc(Cl)c1)S(=O)(=O)c1ccc(OC)cc1. The molecule has 2 amide bonds. The van der Waals surface area contributed by atoms with E-state index in [9.17, 15) is 18.0 Å². The van der Waals surface area contributed by atoms with Gasteiger partial charge >= 0.3 is 0 Å². The predicted octanol–water partition coefficient (Wildman–Crippen LogP) is 4.36. The first-order valence-corrected chi connectivity index (χ1v) is 13.4. The molecule has 3 rings (SSSR count). The number of carbonyl (C=O) groups is 2. The first kappa shape index (κ1) is 28.3. The molecule has 0 aliphatic carbocycles. The number of ether oxygens (including phenoxy) is 1. The fraction of sp³-hybridized carbons (Fsp3) is 0.231. The maximum absolute atomic E-state index is 13.7. The number of nitrogens with one attached hydrogen (secondary N) is 1. The molecule has 0 aliphatic rings. The van der Waals surface area contributed by atoms with Gasteiger partial charge in [0.25, 0.3) is 10.0 Å². The van der Waals surface area contributed by atoms with E-state index < -0.39 is 34.4 Å². The molecule has 3 aromatic rings. The van der Waals surface area contributed by atoms with Crippen LogP contribution in [-0.2, 0) is 26.2 Å². The molecule has 0 spiro atoms. The quantitative estimate of drug-likeness (QED) is 0.395. The summed E-state index contributed by atoms with van der Waals surface area (Å²) in [4.78, 5) is 27.5. The number of halogens is 2. The van der Waals surface area contributed by atoms with Crippen molar-refractivity contribution in [2.75, 3.05) is 25.0 Å². The molecule has 0 saturated carbocycles. The molecule has 196 valence electrons. The van der Waals surface area contributed by atoms with E-state index in [0.717, 1.165) is 9.87 Å². The maximum Gasteiger partial charge on any atom is 0.264 e. The third kappa shape index (κ3) is 6.94. The molecule has 0 saturated heterocycles. The van der Waals surface area contributed by atoms with E-state index in [1.807, 2.05) is 0 Å². The summed E-state index contributed by atoms with van der Waals surface area (Å²) < 4.78 is 33.6. The number of sulfonamides is 1. The van der Waals surface area contributed by atoms with Crippen LogP contribution in [0.15, 0.2) is 77.7 Å². The van der Waals surface area contributed by atoms with Crippen LogP contribution < -0.4 is 14.4 Å². The number of hydrogen-bond donors (Lipinski definition) is 1. The van der Waals surface area contributed by atoms with Crippen molar-refractivity contribution in [3.05, 3.63) is 88.4 Å². The molecule has 1 atom stereocenters. The van der Waals surface area contributed by atoms with Gasteiger partial charge in [-0.2, -0.15) is 0 Å². The maximum atomic E-state index is 13.7. The zero-order valence-corrected chi connectivity index (χ0v) is 22.8. The number of carbonyl (C=O) groups excluding carboxylic acids is 2. The molecule has 0 fully saturated rings. The molecule has 0 radical (unpaired) electrons. The van der Waals surface area contributed by atoms with Crippen molar-refractivity contribution in [1.82, 2.24) is 10.2 Å². The van der Waals surface area contributed by atoms with Gasteiger partial charge in [0.05, 0.1) is 17.7 Å². The lowest BCUT2D eigenvalue weighted by molar-refractivity contribution is -0.139. The van der Waals surface area contributed by atoms with Crippen LogP contribution in [0, 0.1) is 0 Å². The predicted molar refractivity (Wildman–Crippen MR) is 145 cm³/mol. The Bertz CT molecular complexity index is 1350. The lowest BCUT2D eigenvalue weighted by atomic mass is 10.1. The zero-order chi connectivity index (χ0) is 27.2. The summed E-state index contributed by atoms with van der Waals surface area (Å²) in [6.07, 6.45) is 0. The standard InChI is InChI=1S/C26H27Cl2N3O5S/c1-18(26(33)29-2)30(16-19-7-9-20(27)10-8-19)25(32)17-31(22-6-4-5-21(28)15-22)37(34,35)24-13-11-23(36-3)12-14-24/h4-15,18H,16-17H2,1-3H3,(H,29,33)/t18-/m1/s1. The Morgan fingerprint density at radius 3 is 2.19 bits per heavy atom. The number of benzene rings is 3. The fourth-order valence-corrected chi connectivity index (χ4v) is 5.33. The minimum absolute atomic E-state index is 0.0373.